The first-order valence-electron chi connectivity index (χ1n) is 12.2. The molecule has 4 aromatic rings. The van der Waals surface area contributed by atoms with Crippen molar-refractivity contribution in [3.8, 4) is 0 Å². The van der Waals surface area contributed by atoms with Crippen molar-refractivity contribution in [2.45, 2.75) is 39.2 Å². The van der Waals surface area contributed by atoms with Crippen LogP contribution in [0.2, 0.25) is 5.02 Å². The number of carbonyl (C=O) groups is 1. The van der Waals surface area contributed by atoms with E-state index in [4.69, 9.17) is 25.0 Å². The standard InChI is InChI=1S/C27H26ClN3O6/c1-16(32)29-24-23(28)25-22-19(30-37-26(22)27(24)36-21(34)10-9-20(33)35-25)8-7-17-11-13-31(14-12-17)15-18-5-3-2-4-6-18/h2-6,9-10,17H,7-8,11-15H2,1H3,(H,29,32). The molecule has 9 nitrogen and oxygen atoms in total. The number of nitrogens with zero attached hydrogens (tertiary/aromatic N) is 2. The van der Waals surface area contributed by atoms with E-state index in [1.165, 1.54) is 12.5 Å². The van der Waals surface area contributed by atoms with Gasteiger partial charge in [0, 0.05) is 25.6 Å². The lowest BCUT2D eigenvalue weighted by atomic mass is 9.91. The Morgan fingerprint density at radius 3 is 2.38 bits per heavy atom. The predicted octanol–water partition coefficient (Wildman–Crippen LogP) is 4.91. The fourth-order valence-electron chi connectivity index (χ4n) is 4.82. The number of nitrogens with one attached hydrogen (secondary N) is 1. The maximum absolute atomic E-state index is 12.3. The normalized spacial score (nSPS) is 14.8. The van der Waals surface area contributed by atoms with Crippen molar-refractivity contribution < 1.29 is 18.2 Å². The van der Waals surface area contributed by atoms with Crippen LogP contribution < -0.4 is 16.6 Å². The molecule has 192 valence electrons. The van der Waals surface area contributed by atoms with Crippen molar-refractivity contribution >= 4 is 45.3 Å². The Hall–Kier alpha value is -3.69. The lowest BCUT2D eigenvalue weighted by Crippen LogP contribution is -2.33. The van der Waals surface area contributed by atoms with E-state index in [9.17, 15) is 14.4 Å². The summed E-state index contributed by atoms with van der Waals surface area (Å²) >= 11 is 6.57. The first kappa shape index (κ1) is 25.0. The van der Waals surface area contributed by atoms with Crippen LogP contribution in [-0.2, 0) is 17.8 Å². The van der Waals surface area contributed by atoms with E-state index in [0.29, 0.717) is 23.4 Å². The molecule has 0 unspecified atom stereocenters. The molecule has 2 aromatic heterocycles. The molecule has 5 rings (SSSR count). The minimum atomic E-state index is -0.851. The molecule has 0 aliphatic carbocycles. The molecule has 10 heteroatoms. The van der Waals surface area contributed by atoms with Crippen molar-refractivity contribution in [1.82, 2.24) is 10.1 Å². The van der Waals surface area contributed by atoms with Crippen LogP contribution in [0.25, 0.3) is 22.1 Å². The van der Waals surface area contributed by atoms with Crippen LogP contribution in [0.5, 0.6) is 0 Å². The number of likely N-dealkylation sites (tertiary alicyclic amines) is 1. The van der Waals surface area contributed by atoms with Crippen molar-refractivity contribution in [2.75, 3.05) is 18.4 Å². The number of amides is 1. The van der Waals surface area contributed by atoms with Gasteiger partial charge in [0.25, 0.3) is 0 Å². The first-order chi connectivity index (χ1) is 17.9. The number of piperidine rings is 1. The van der Waals surface area contributed by atoms with E-state index in [1.54, 1.807) is 0 Å². The molecule has 0 saturated carbocycles. The van der Waals surface area contributed by atoms with Gasteiger partial charge in [0.2, 0.25) is 17.1 Å². The van der Waals surface area contributed by atoms with Gasteiger partial charge in [0.1, 0.15) is 10.7 Å². The lowest BCUT2D eigenvalue weighted by Gasteiger charge is -2.31. The summed E-state index contributed by atoms with van der Waals surface area (Å²) in [4.78, 5) is 38.9. The number of hydrogen-bond donors (Lipinski definition) is 1. The zero-order valence-electron chi connectivity index (χ0n) is 20.3. The number of fused-ring (bicyclic) bond motifs is 6. The topological polar surface area (TPSA) is 119 Å². The summed E-state index contributed by atoms with van der Waals surface area (Å²) in [6, 6.07) is 12.3. The number of anilines is 1. The van der Waals surface area contributed by atoms with Gasteiger partial charge in [-0.2, -0.15) is 0 Å². The third kappa shape index (κ3) is 5.52. The quantitative estimate of drug-likeness (QED) is 0.379. The number of hydrogen-bond acceptors (Lipinski definition) is 8. The molecule has 1 aliphatic rings. The maximum Gasteiger partial charge on any atom is 0.336 e. The van der Waals surface area contributed by atoms with Gasteiger partial charge in [-0.1, -0.05) is 47.1 Å². The van der Waals surface area contributed by atoms with Gasteiger partial charge in [-0.05, 0) is 50.3 Å². The molecule has 2 aromatic carbocycles. The van der Waals surface area contributed by atoms with Crippen molar-refractivity contribution in [3.05, 3.63) is 79.6 Å². The summed E-state index contributed by atoms with van der Waals surface area (Å²) in [7, 11) is 0. The summed E-state index contributed by atoms with van der Waals surface area (Å²) in [6.07, 6.45) is 3.53. The van der Waals surface area contributed by atoms with Gasteiger partial charge in [-0.3, -0.25) is 9.69 Å². The number of carbonyl (C=O) groups excluding carboxylic acids is 1. The zero-order chi connectivity index (χ0) is 25.9. The van der Waals surface area contributed by atoms with Crippen LogP contribution in [0.4, 0.5) is 5.69 Å². The molecule has 1 amide bonds. The Balaban J connectivity index is 1.43. The monoisotopic (exact) mass is 523 g/mol. The average molecular weight is 524 g/mol. The summed E-state index contributed by atoms with van der Waals surface area (Å²) in [5, 5.41) is 7.02. The number of aryl methyl sites for hydroxylation is 1. The van der Waals surface area contributed by atoms with E-state index in [1.807, 2.05) is 6.07 Å². The molecule has 1 aliphatic heterocycles. The maximum atomic E-state index is 12.3. The van der Waals surface area contributed by atoms with Crippen LogP contribution in [0.3, 0.4) is 0 Å². The minimum absolute atomic E-state index is 0.00527. The zero-order valence-corrected chi connectivity index (χ0v) is 21.0. The van der Waals surface area contributed by atoms with Gasteiger partial charge in [0.15, 0.2) is 5.58 Å². The Morgan fingerprint density at radius 1 is 1.03 bits per heavy atom. The van der Waals surface area contributed by atoms with E-state index >= 15 is 0 Å². The summed E-state index contributed by atoms with van der Waals surface area (Å²) in [5.74, 6) is 0.0415. The molecule has 0 radical (unpaired) electrons. The van der Waals surface area contributed by atoms with Crippen LogP contribution in [0.1, 0.15) is 37.4 Å². The number of benzene rings is 2. The largest absolute Gasteiger partial charge is 0.421 e. The summed E-state index contributed by atoms with van der Waals surface area (Å²) in [5.41, 5.74) is 0.158. The molecule has 1 saturated heterocycles. The molecular formula is C27H26ClN3O6. The first-order valence-corrected chi connectivity index (χ1v) is 12.6. The number of aromatic nitrogens is 1. The van der Waals surface area contributed by atoms with Gasteiger partial charge in [0.05, 0.1) is 11.1 Å². The highest BCUT2D eigenvalue weighted by Crippen LogP contribution is 2.40. The van der Waals surface area contributed by atoms with Crippen LogP contribution >= 0.6 is 11.6 Å². The Bertz CT molecular complexity index is 1580. The van der Waals surface area contributed by atoms with E-state index in [0.717, 1.165) is 51.0 Å². The smallest absolute Gasteiger partial charge is 0.336 e. The second-order valence-corrected chi connectivity index (χ2v) is 9.66. The van der Waals surface area contributed by atoms with E-state index in [-0.39, 0.29) is 27.5 Å². The Morgan fingerprint density at radius 2 is 1.70 bits per heavy atom. The molecule has 0 spiro atoms. The average Bonchev–Trinajstić information content (AvgIpc) is 3.31. The van der Waals surface area contributed by atoms with Crippen molar-refractivity contribution in [1.29, 1.82) is 0 Å². The SMILES string of the molecule is CC(=O)Nc1c(Cl)c2oc(=O)ccc(=O)oc1c1onc(CCC3CCN(Cc4ccccc4)CC3)c21. The predicted molar refractivity (Wildman–Crippen MR) is 139 cm³/mol. The number of rotatable bonds is 6. The highest BCUT2D eigenvalue weighted by atomic mass is 35.5. The highest BCUT2D eigenvalue weighted by molar-refractivity contribution is 6.40. The summed E-state index contributed by atoms with van der Waals surface area (Å²) < 4.78 is 16.5. The molecule has 3 heterocycles. The number of halogens is 1. The van der Waals surface area contributed by atoms with Crippen LogP contribution in [0.15, 0.2) is 65.4 Å². The molecule has 37 heavy (non-hydrogen) atoms. The van der Waals surface area contributed by atoms with E-state index < -0.39 is 17.2 Å². The molecular weight excluding hydrogens is 498 g/mol. The van der Waals surface area contributed by atoms with Gasteiger partial charge >= 0.3 is 11.3 Å². The van der Waals surface area contributed by atoms with Crippen molar-refractivity contribution in [2.24, 2.45) is 5.92 Å². The van der Waals surface area contributed by atoms with Gasteiger partial charge < -0.3 is 18.7 Å². The molecule has 1 fully saturated rings. The molecule has 1 N–H and O–H groups in total. The third-order valence-electron chi connectivity index (χ3n) is 6.65. The Labute approximate surface area is 216 Å². The van der Waals surface area contributed by atoms with Crippen LogP contribution in [-0.4, -0.2) is 29.1 Å². The second kappa shape index (κ2) is 10.7. The summed E-state index contributed by atoms with van der Waals surface area (Å²) in [6.45, 7) is 4.25. The molecule has 2 bridgehead atoms. The van der Waals surface area contributed by atoms with Gasteiger partial charge in [-0.25, -0.2) is 9.59 Å². The Kier molecular flexibility index (Phi) is 7.25. The highest BCUT2D eigenvalue weighted by Gasteiger charge is 2.26. The van der Waals surface area contributed by atoms with Gasteiger partial charge in [-0.15, -0.1) is 0 Å². The lowest BCUT2D eigenvalue weighted by molar-refractivity contribution is -0.114. The van der Waals surface area contributed by atoms with Crippen molar-refractivity contribution in [3.63, 3.8) is 0 Å². The molecule has 0 atom stereocenters. The van der Waals surface area contributed by atoms with Crippen LogP contribution in [0, 0.1) is 5.92 Å². The van der Waals surface area contributed by atoms with E-state index in [2.05, 4.69) is 39.6 Å². The minimum Gasteiger partial charge on any atom is -0.421 e. The fraction of sp³-hybridized carbons (Fsp3) is 0.333. The fourth-order valence-corrected chi connectivity index (χ4v) is 5.09. The third-order valence-corrected chi connectivity index (χ3v) is 7.01. The second-order valence-electron chi connectivity index (χ2n) is 9.28.